The van der Waals surface area contributed by atoms with Gasteiger partial charge in [-0.1, -0.05) is 27.7 Å². The number of nitrogen functional groups attached to an aromatic ring is 1. The van der Waals surface area contributed by atoms with Gasteiger partial charge < -0.3 is 5.73 Å². The molecule has 0 unspecified atom stereocenters. The van der Waals surface area contributed by atoms with Crippen molar-refractivity contribution in [3.63, 3.8) is 0 Å². The molecule has 1 aromatic heterocycles. The molecule has 0 aliphatic heterocycles. The Morgan fingerprint density at radius 2 is 1.81 bits per heavy atom. The largest absolute Gasteiger partial charge is 0.384 e. The molecule has 0 atom stereocenters. The maximum atomic E-state index is 5.83. The minimum absolute atomic E-state index is 0.439. The summed E-state index contributed by atoms with van der Waals surface area (Å²) >= 11 is 0. The van der Waals surface area contributed by atoms with Crippen molar-refractivity contribution in [1.29, 1.82) is 0 Å². The van der Waals surface area contributed by atoms with E-state index in [1.807, 2.05) is 6.07 Å². The third-order valence-electron chi connectivity index (χ3n) is 2.78. The highest BCUT2D eigenvalue weighted by molar-refractivity contribution is 5.30. The van der Waals surface area contributed by atoms with Crippen LogP contribution in [0.15, 0.2) is 6.07 Å². The highest BCUT2D eigenvalue weighted by atomic mass is 15.0. The van der Waals surface area contributed by atoms with Crippen molar-refractivity contribution in [2.75, 3.05) is 5.73 Å². The van der Waals surface area contributed by atoms with E-state index in [0.29, 0.717) is 17.7 Å². The monoisotopic (exact) mass is 221 g/mol. The minimum atomic E-state index is 0.439. The second-order valence-corrected chi connectivity index (χ2v) is 4.75. The number of hydrogen-bond acceptors (Lipinski definition) is 3. The quantitative estimate of drug-likeness (QED) is 0.831. The zero-order chi connectivity index (χ0) is 12.1. The lowest BCUT2D eigenvalue weighted by Crippen LogP contribution is -2.09. The lowest BCUT2D eigenvalue weighted by molar-refractivity contribution is 0.584. The van der Waals surface area contributed by atoms with Crippen LogP contribution in [0.2, 0.25) is 0 Å². The van der Waals surface area contributed by atoms with Crippen molar-refractivity contribution in [1.82, 2.24) is 9.97 Å². The summed E-state index contributed by atoms with van der Waals surface area (Å²) < 4.78 is 0. The predicted octanol–water partition coefficient (Wildman–Crippen LogP) is 3.16. The molecule has 0 amide bonds. The number of aromatic nitrogens is 2. The maximum absolute atomic E-state index is 5.83. The Bertz CT molecular complexity index is 330. The molecule has 16 heavy (non-hydrogen) atoms. The van der Waals surface area contributed by atoms with Crippen LogP contribution in [-0.2, 0) is 6.42 Å². The average Bonchev–Trinajstić information content (AvgIpc) is 2.17. The van der Waals surface area contributed by atoms with Gasteiger partial charge in [0.05, 0.1) is 0 Å². The molecule has 0 fully saturated rings. The molecule has 1 heterocycles. The summed E-state index contributed by atoms with van der Waals surface area (Å²) in [6.45, 7) is 8.72. The van der Waals surface area contributed by atoms with Gasteiger partial charge in [-0.2, -0.15) is 0 Å². The van der Waals surface area contributed by atoms with Crippen LogP contribution in [0.3, 0.4) is 0 Å². The zero-order valence-corrected chi connectivity index (χ0v) is 10.8. The molecule has 0 saturated carbocycles. The number of nitrogens with two attached hydrogens (primary N) is 1. The van der Waals surface area contributed by atoms with Gasteiger partial charge in [-0.25, -0.2) is 9.97 Å². The van der Waals surface area contributed by atoms with Gasteiger partial charge in [0, 0.05) is 17.7 Å². The Hall–Kier alpha value is -1.12. The van der Waals surface area contributed by atoms with Gasteiger partial charge in [0.1, 0.15) is 11.6 Å². The number of rotatable bonds is 5. The van der Waals surface area contributed by atoms with Crippen LogP contribution in [-0.4, -0.2) is 9.97 Å². The van der Waals surface area contributed by atoms with Gasteiger partial charge in [-0.15, -0.1) is 0 Å². The molecule has 3 nitrogen and oxygen atoms in total. The van der Waals surface area contributed by atoms with E-state index >= 15 is 0 Å². The first-order chi connectivity index (χ1) is 7.56. The fourth-order valence-corrected chi connectivity index (χ4v) is 1.90. The number of hydrogen-bond donors (Lipinski definition) is 1. The predicted molar refractivity (Wildman–Crippen MR) is 68.3 cm³/mol. The van der Waals surface area contributed by atoms with E-state index in [1.54, 1.807) is 0 Å². The molecule has 3 heteroatoms. The summed E-state index contributed by atoms with van der Waals surface area (Å²) in [6.07, 6.45) is 3.11. The number of nitrogens with zero attached hydrogens (tertiary/aromatic N) is 2. The van der Waals surface area contributed by atoms with Crippen molar-refractivity contribution in [2.24, 2.45) is 5.92 Å². The second-order valence-electron chi connectivity index (χ2n) is 4.75. The van der Waals surface area contributed by atoms with E-state index in [0.717, 1.165) is 30.8 Å². The van der Waals surface area contributed by atoms with E-state index in [2.05, 4.69) is 37.7 Å². The van der Waals surface area contributed by atoms with Gasteiger partial charge in [0.2, 0.25) is 0 Å². The van der Waals surface area contributed by atoms with Crippen LogP contribution in [0.4, 0.5) is 5.82 Å². The van der Waals surface area contributed by atoms with Crippen molar-refractivity contribution in [3.8, 4) is 0 Å². The molecule has 0 aliphatic rings. The third kappa shape index (κ3) is 3.47. The van der Waals surface area contributed by atoms with Crippen LogP contribution in [0, 0.1) is 5.92 Å². The van der Waals surface area contributed by atoms with Gasteiger partial charge in [-0.05, 0) is 25.2 Å². The summed E-state index contributed by atoms with van der Waals surface area (Å²) in [7, 11) is 0. The third-order valence-corrected chi connectivity index (χ3v) is 2.78. The van der Waals surface area contributed by atoms with Crippen molar-refractivity contribution < 1.29 is 0 Å². The molecular formula is C13H23N3. The van der Waals surface area contributed by atoms with Crippen molar-refractivity contribution in [3.05, 3.63) is 17.6 Å². The molecule has 0 aliphatic carbocycles. The summed E-state index contributed by atoms with van der Waals surface area (Å²) in [6, 6.07) is 1.89. The van der Waals surface area contributed by atoms with E-state index < -0.39 is 0 Å². The smallest absolute Gasteiger partial charge is 0.134 e. The molecule has 1 aromatic rings. The first-order valence-corrected chi connectivity index (χ1v) is 6.20. The summed E-state index contributed by atoms with van der Waals surface area (Å²) in [5, 5.41) is 0. The molecule has 0 spiro atoms. The molecule has 0 bridgehead atoms. The number of anilines is 1. The first-order valence-electron chi connectivity index (χ1n) is 6.20. The lowest BCUT2D eigenvalue weighted by atomic mass is 10.0. The average molecular weight is 221 g/mol. The molecular weight excluding hydrogens is 198 g/mol. The molecule has 0 aromatic carbocycles. The Morgan fingerprint density at radius 1 is 1.19 bits per heavy atom. The molecule has 0 saturated heterocycles. The Morgan fingerprint density at radius 3 is 2.31 bits per heavy atom. The Balaban J connectivity index is 2.97. The second kappa shape index (κ2) is 5.83. The van der Waals surface area contributed by atoms with Crippen LogP contribution < -0.4 is 5.73 Å². The highest BCUT2D eigenvalue weighted by Gasteiger charge is 2.12. The zero-order valence-electron chi connectivity index (χ0n) is 10.8. The Kier molecular flexibility index (Phi) is 4.71. The molecule has 0 radical (unpaired) electrons. The molecule has 90 valence electrons. The van der Waals surface area contributed by atoms with E-state index in [-0.39, 0.29) is 0 Å². The van der Waals surface area contributed by atoms with E-state index in [1.165, 1.54) is 0 Å². The lowest BCUT2D eigenvalue weighted by Gasteiger charge is -2.13. The van der Waals surface area contributed by atoms with Crippen LogP contribution in [0.25, 0.3) is 0 Å². The van der Waals surface area contributed by atoms with Gasteiger partial charge >= 0.3 is 0 Å². The normalized spacial score (nSPS) is 11.4. The summed E-state index contributed by atoms with van der Waals surface area (Å²) in [4.78, 5) is 8.97. The summed E-state index contributed by atoms with van der Waals surface area (Å²) in [5.41, 5.74) is 6.90. The van der Waals surface area contributed by atoms with Gasteiger partial charge in [0.25, 0.3) is 0 Å². The van der Waals surface area contributed by atoms with Crippen LogP contribution >= 0.6 is 0 Å². The minimum Gasteiger partial charge on any atom is -0.384 e. The van der Waals surface area contributed by atoms with Gasteiger partial charge in [0.15, 0.2) is 0 Å². The molecule has 2 N–H and O–H groups in total. The first kappa shape index (κ1) is 12.9. The SMILES string of the molecule is CCC(CC)c1nc(N)cc(CC(C)C)n1. The topological polar surface area (TPSA) is 51.8 Å². The van der Waals surface area contributed by atoms with Gasteiger partial charge in [-0.3, -0.25) is 0 Å². The van der Waals surface area contributed by atoms with Crippen LogP contribution in [0.1, 0.15) is 58.0 Å². The van der Waals surface area contributed by atoms with Crippen molar-refractivity contribution in [2.45, 2.75) is 52.9 Å². The van der Waals surface area contributed by atoms with Crippen molar-refractivity contribution >= 4 is 5.82 Å². The highest BCUT2D eigenvalue weighted by Crippen LogP contribution is 2.21. The van der Waals surface area contributed by atoms with Crippen LogP contribution in [0.5, 0.6) is 0 Å². The maximum Gasteiger partial charge on any atom is 0.134 e. The fourth-order valence-electron chi connectivity index (χ4n) is 1.90. The summed E-state index contributed by atoms with van der Waals surface area (Å²) in [5.74, 6) is 2.56. The molecule has 1 rings (SSSR count). The van der Waals surface area contributed by atoms with E-state index in [4.69, 9.17) is 5.73 Å². The fraction of sp³-hybridized carbons (Fsp3) is 0.692. The Labute approximate surface area is 98.5 Å². The standard InChI is InChI=1S/C13H23N3/c1-5-10(6-2)13-15-11(7-9(3)4)8-12(14)16-13/h8-10H,5-7H2,1-4H3,(H2,14,15,16). The van der Waals surface area contributed by atoms with E-state index in [9.17, 15) is 0 Å².